The zero-order chi connectivity index (χ0) is 19.1. The molecule has 5 heteroatoms. The lowest BCUT2D eigenvalue weighted by molar-refractivity contribution is 0.0734. The van der Waals surface area contributed by atoms with E-state index in [1.165, 1.54) is 0 Å². The Morgan fingerprint density at radius 3 is 2.50 bits per heavy atom. The Morgan fingerprint density at radius 1 is 0.893 bits per heavy atom. The number of rotatable bonds is 3. The predicted octanol–water partition coefficient (Wildman–Crippen LogP) is 5.77. The number of aryl methyl sites for hydroxylation is 1. The Hall–Kier alpha value is -3.86. The van der Waals surface area contributed by atoms with E-state index in [2.05, 4.69) is 5.16 Å². The van der Waals surface area contributed by atoms with Crippen LogP contribution in [0.1, 0.15) is 16.1 Å². The molecule has 0 atom stereocenters. The van der Waals surface area contributed by atoms with Crippen LogP contribution in [0.15, 0.2) is 81.7 Å². The quantitative estimate of drug-likeness (QED) is 0.298. The molecular formula is C23H15NO4. The zero-order valence-corrected chi connectivity index (χ0v) is 15.0. The van der Waals surface area contributed by atoms with Crippen LogP contribution in [0.2, 0.25) is 0 Å². The number of aromatic nitrogens is 1. The number of carbonyl (C=O) groups excluding carboxylic acids is 1. The molecule has 0 bridgehead atoms. The predicted molar refractivity (Wildman–Crippen MR) is 105 cm³/mol. The van der Waals surface area contributed by atoms with Crippen molar-refractivity contribution in [2.24, 2.45) is 0 Å². The van der Waals surface area contributed by atoms with E-state index in [4.69, 9.17) is 13.7 Å². The molecule has 2 aromatic heterocycles. The highest BCUT2D eigenvalue weighted by Crippen LogP contribution is 2.32. The van der Waals surface area contributed by atoms with Gasteiger partial charge in [0.15, 0.2) is 0 Å². The molecule has 5 rings (SSSR count). The van der Waals surface area contributed by atoms with Crippen molar-refractivity contribution < 1.29 is 18.5 Å². The van der Waals surface area contributed by atoms with Gasteiger partial charge in [-0.15, -0.1) is 0 Å². The summed E-state index contributed by atoms with van der Waals surface area (Å²) in [6.45, 7) is 1.70. The molecule has 28 heavy (non-hydrogen) atoms. The van der Waals surface area contributed by atoms with Gasteiger partial charge in [0.2, 0.25) is 0 Å². The van der Waals surface area contributed by atoms with E-state index in [1.807, 2.05) is 60.7 Å². The molecule has 0 aliphatic heterocycles. The third-order valence-corrected chi connectivity index (χ3v) is 4.67. The van der Waals surface area contributed by atoms with Gasteiger partial charge >= 0.3 is 5.97 Å². The lowest BCUT2D eigenvalue weighted by Crippen LogP contribution is -2.10. The van der Waals surface area contributed by atoms with Gasteiger partial charge in [0.25, 0.3) is 0 Å². The van der Waals surface area contributed by atoms with Gasteiger partial charge in [-0.2, -0.15) is 0 Å². The van der Waals surface area contributed by atoms with Gasteiger partial charge in [-0.05, 0) is 31.2 Å². The number of carbonyl (C=O) groups is 1. The van der Waals surface area contributed by atoms with Crippen molar-refractivity contribution in [3.63, 3.8) is 0 Å². The largest absolute Gasteiger partial charge is 0.456 e. The summed E-state index contributed by atoms with van der Waals surface area (Å²) in [7, 11) is 0. The van der Waals surface area contributed by atoms with Crippen LogP contribution in [-0.4, -0.2) is 11.1 Å². The highest BCUT2D eigenvalue weighted by molar-refractivity contribution is 6.05. The van der Waals surface area contributed by atoms with E-state index in [9.17, 15) is 4.79 Å². The number of hydrogen-bond acceptors (Lipinski definition) is 5. The molecule has 5 aromatic rings. The molecule has 0 spiro atoms. The maximum absolute atomic E-state index is 12.9. The second-order valence-electron chi connectivity index (χ2n) is 6.47. The minimum atomic E-state index is -0.509. The monoisotopic (exact) mass is 369 g/mol. The van der Waals surface area contributed by atoms with Crippen molar-refractivity contribution in [3.8, 4) is 17.0 Å². The number of furan rings is 1. The fraction of sp³-hybridized carbons (Fsp3) is 0.0435. The number of ether oxygens (including phenoxy) is 1. The molecule has 2 heterocycles. The number of hydrogen-bond donors (Lipinski definition) is 0. The van der Waals surface area contributed by atoms with E-state index >= 15 is 0 Å². The van der Waals surface area contributed by atoms with Crippen molar-refractivity contribution in [2.75, 3.05) is 0 Å². The van der Waals surface area contributed by atoms with E-state index in [1.54, 1.807) is 19.1 Å². The molecule has 0 aliphatic rings. The number of benzene rings is 3. The Bertz CT molecular complexity index is 1310. The van der Waals surface area contributed by atoms with Gasteiger partial charge in [0, 0.05) is 16.3 Å². The molecule has 0 saturated heterocycles. The molecule has 136 valence electrons. The second-order valence-corrected chi connectivity index (χ2v) is 6.47. The zero-order valence-electron chi connectivity index (χ0n) is 15.0. The van der Waals surface area contributed by atoms with Gasteiger partial charge in [-0.3, -0.25) is 0 Å². The van der Waals surface area contributed by atoms with E-state index < -0.39 is 5.97 Å². The van der Waals surface area contributed by atoms with Crippen molar-refractivity contribution in [1.29, 1.82) is 0 Å². The molecule has 0 fully saturated rings. The highest BCUT2D eigenvalue weighted by Gasteiger charge is 2.23. The Labute approximate surface area is 160 Å². The molecule has 0 amide bonds. The average molecular weight is 369 g/mol. The molecule has 0 unspecified atom stereocenters. The standard InChI is InChI=1S/C23H15NO4/c1-14-21(22(24-28-14)15-7-3-2-4-8-15)23(25)26-16-11-12-20-18(13-16)17-9-5-6-10-19(17)27-20/h2-13H,1H3. The summed E-state index contributed by atoms with van der Waals surface area (Å²) >= 11 is 0. The number of esters is 1. The third-order valence-electron chi connectivity index (χ3n) is 4.67. The first-order valence-corrected chi connectivity index (χ1v) is 8.86. The van der Waals surface area contributed by atoms with E-state index in [-0.39, 0.29) is 0 Å². The van der Waals surface area contributed by atoms with Crippen molar-refractivity contribution in [1.82, 2.24) is 5.16 Å². The van der Waals surface area contributed by atoms with Crippen molar-refractivity contribution in [2.45, 2.75) is 6.92 Å². The van der Waals surface area contributed by atoms with Crippen LogP contribution < -0.4 is 4.74 Å². The first kappa shape index (κ1) is 16.3. The van der Waals surface area contributed by atoms with Crippen LogP contribution in [0.4, 0.5) is 0 Å². The lowest BCUT2D eigenvalue weighted by Gasteiger charge is -2.05. The van der Waals surface area contributed by atoms with Gasteiger partial charge in [-0.25, -0.2) is 4.79 Å². The maximum Gasteiger partial charge on any atom is 0.349 e. The number of nitrogens with zero attached hydrogens (tertiary/aromatic N) is 1. The number of fused-ring (bicyclic) bond motifs is 3. The molecule has 3 aromatic carbocycles. The van der Waals surface area contributed by atoms with Gasteiger partial charge in [0.05, 0.1) is 0 Å². The van der Waals surface area contributed by atoms with Gasteiger partial charge in [0.1, 0.15) is 33.9 Å². The molecule has 0 saturated carbocycles. The number of para-hydroxylation sites is 1. The lowest BCUT2D eigenvalue weighted by atomic mass is 10.1. The first-order valence-electron chi connectivity index (χ1n) is 8.86. The minimum absolute atomic E-state index is 0.323. The van der Waals surface area contributed by atoms with Crippen LogP contribution in [0.25, 0.3) is 33.2 Å². The minimum Gasteiger partial charge on any atom is -0.456 e. The molecule has 5 nitrogen and oxygen atoms in total. The SMILES string of the molecule is Cc1onc(-c2ccccc2)c1C(=O)Oc1ccc2oc3ccccc3c2c1. The molecule has 0 radical (unpaired) electrons. The third kappa shape index (κ3) is 2.65. The first-order chi connectivity index (χ1) is 13.7. The summed E-state index contributed by atoms with van der Waals surface area (Å²) in [6, 6.07) is 22.5. The average Bonchev–Trinajstić information content (AvgIpc) is 3.29. The normalized spacial score (nSPS) is 11.2. The summed E-state index contributed by atoms with van der Waals surface area (Å²) in [6.07, 6.45) is 0. The van der Waals surface area contributed by atoms with Crippen LogP contribution >= 0.6 is 0 Å². The summed E-state index contributed by atoms with van der Waals surface area (Å²) in [5.74, 6) is 0.340. The van der Waals surface area contributed by atoms with Gasteiger partial charge < -0.3 is 13.7 Å². The fourth-order valence-electron chi connectivity index (χ4n) is 3.33. The van der Waals surface area contributed by atoms with Crippen molar-refractivity contribution in [3.05, 3.63) is 84.1 Å². The van der Waals surface area contributed by atoms with Gasteiger partial charge in [-0.1, -0.05) is 53.7 Å². The smallest absolute Gasteiger partial charge is 0.349 e. The Kier molecular flexibility index (Phi) is 3.72. The van der Waals surface area contributed by atoms with Crippen molar-refractivity contribution >= 4 is 27.9 Å². The molecule has 0 aliphatic carbocycles. The summed E-state index contributed by atoms with van der Waals surface area (Å²) in [4.78, 5) is 12.9. The summed E-state index contributed by atoms with van der Waals surface area (Å²) in [5.41, 5.74) is 3.12. The van der Waals surface area contributed by atoms with E-state index in [0.717, 1.165) is 27.5 Å². The Balaban J connectivity index is 1.53. The molecule has 0 N–H and O–H groups in total. The fourth-order valence-corrected chi connectivity index (χ4v) is 3.33. The van der Waals surface area contributed by atoms with Crippen LogP contribution in [0.5, 0.6) is 5.75 Å². The van der Waals surface area contributed by atoms with Crippen LogP contribution in [-0.2, 0) is 0 Å². The Morgan fingerprint density at radius 2 is 1.64 bits per heavy atom. The summed E-state index contributed by atoms with van der Waals surface area (Å²) < 4.78 is 16.7. The second kappa shape index (κ2) is 6.39. The molecular weight excluding hydrogens is 354 g/mol. The topological polar surface area (TPSA) is 65.5 Å². The van der Waals surface area contributed by atoms with Crippen LogP contribution in [0.3, 0.4) is 0 Å². The van der Waals surface area contributed by atoms with Crippen LogP contribution in [0, 0.1) is 6.92 Å². The maximum atomic E-state index is 12.9. The summed E-state index contributed by atoms with van der Waals surface area (Å²) in [5, 5.41) is 5.91. The highest BCUT2D eigenvalue weighted by atomic mass is 16.5. The van der Waals surface area contributed by atoms with E-state index in [0.29, 0.717) is 22.8 Å².